The molecular weight excluding hydrogens is 336 g/mol. The second kappa shape index (κ2) is 7.72. The van der Waals surface area contributed by atoms with E-state index in [1.54, 1.807) is 19.1 Å². The van der Waals surface area contributed by atoms with Gasteiger partial charge in [-0.15, -0.1) is 0 Å². The molecule has 1 unspecified atom stereocenters. The molecule has 1 fully saturated rings. The lowest BCUT2D eigenvalue weighted by Crippen LogP contribution is -2.58. The van der Waals surface area contributed by atoms with Crippen molar-refractivity contribution in [2.45, 2.75) is 71.1 Å². The first-order chi connectivity index (χ1) is 12.1. The van der Waals surface area contributed by atoms with E-state index in [1.165, 1.54) is 12.1 Å². The monoisotopic (exact) mass is 364 g/mol. The van der Waals surface area contributed by atoms with Gasteiger partial charge in [0.1, 0.15) is 0 Å². The van der Waals surface area contributed by atoms with Crippen LogP contribution in [0.3, 0.4) is 0 Å². The van der Waals surface area contributed by atoms with Gasteiger partial charge in [0, 0.05) is 23.2 Å². The Balaban J connectivity index is 2.35. The fourth-order valence-corrected chi connectivity index (χ4v) is 3.60. The number of nitro groups is 1. The van der Waals surface area contributed by atoms with Crippen molar-refractivity contribution in [1.29, 1.82) is 0 Å². The third kappa shape index (κ3) is 4.40. The zero-order valence-electron chi connectivity index (χ0n) is 16.2. The van der Waals surface area contributed by atoms with Crippen LogP contribution in [0.15, 0.2) is 24.3 Å². The van der Waals surface area contributed by atoms with Crippen LogP contribution in [0.5, 0.6) is 0 Å². The summed E-state index contributed by atoms with van der Waals surface area (Å²) in [5, 5.41) is 12.8. The molecule has 1 atom stereocenters. The van der Waals surface area contributed by atoms with Crippen molar-refractivity contribution >= 4 is 11.7 Å². The average molecular weight is 364 g/mol. The predicted molar refractivity (Wildman–Crippen MR) is 97.4 cm³/mol. The average Bonchev–Trinajstić information content (AvgIpc) is 2.54. The summed E-state index contributed by atoms with van der Waals surface area (Å²) in [4.78, 5) is 29.2. The lowest BCUT2D eigenvalue weighted by atomic mass is 9.82. The van der Waals surface area contributed by atoms with Crippen LogP contribution in [-0.2, 0) is 14.4 Å². The van der Waals surface area contributed by atoms with E-state index in [1.807, 2.05) is 5.06 Å². The molecule has 1 aromatic carbocycles. The predicted octanol–water partition coefficient (Wildman–Crippen LogP) is 4.17. The van der Waals surface area contributed by atoms with Crippen LogP contribution in [0, 0.1) is 10.1 Å². The molecule has 1 heterocycles. The lowest BCUT2D eigenvalue weighted by molar-refractivity contribution is -0.384. The summed E-state index contributed by atoms with van der Waals surface area (Å²) in [5.41, 5.74) is 0.0156. The number of carbonyl (C=O) groups excluding carboxylic acids is 1. The van der Waals surface area contributed by atoms with Gasteiger partial charge in [-0.2, -0.15) is 5.06 Å². The Labute approximate surface area is 154 Å². The van der Waals surface area contributed by atoms with Crippen LogP contribution in [0.25, 0.3) is 0 Å². The molecule has 0 spiro atoms. The molecule has 0 aliphatic carbocycles. The number of carbonyl (C=O) groups is 1. The van der Waals surface area contributed by atoms with Gasteiger partial charge in [0.2, 0.25) is 6.10 Å². The topological polar surface area (TPSA) is 81.9 Å². The summed E-state index contributed by atoms with van der Waals surface area (Å²) in [7, 11) is 0. The first-order valence-corrected chi connectivity index (χ1v) is 8.96. The highest BCUT2D eigenvalue weighted by Gasteiger charge is 2.45. The number of nitro benzene ring substituents is 1. The molecule has 26 heavy (non-hydrogen) atoms. The van der Waals surface area contributed by atoms with Crippen LogP contribution in [0.4, 0.5) is 5.69 Å². The molecule has 0 N–H and O–H groups in total. The fraction of sp³-hybridized carbons (Fsp3) is 0.632. The van der Waals surface area contributed by atoms with Gasteiger partial charge in [-0.3, -0.25) is 15.0 Å². The maximum atomic E-state index is 12.6. The molecule has 2 rings (SSSR count). The van der Waals surface area contributed by atoms with Gasteiger partial charge >= 0.3 is 5.97 Å². The summed E-state index contributed by atoms with van der Waals surface area (Å²) in [6, 6.07) is 5.84. The van der Waals surface area contributed by atoms with Gasteiger partial charge in [-0.05, 0) is 71.6 Å². The quantitative estimate of drug-likeness (QED) is 0.428. The van der Waals surface area contributed by atoms with E-state index in [4.69, 9.17) is 9.57 Å². The number of rotatable bonds is 6. The van der Waals surface area contributed by atoms with Crippen molar-refractivity contribution in [2.75, 3.05) is 6.61 Å². The van der Waals surface area contributed by atoms with Gasteiger partial charge in [0.25, 0.3) is 5.69 Å². The summed E-state index contributed by atoms with van der Waals surface area (Å²) in [6.45, 7) is 10.3. The van der Waals surface area contributed by atoms with E-state index in [0.29, 0.717) is 5.56 Å². The Morgan fingerprint density at radius 3 is 2.19 bits per heavy atom. The SMILES string of the molecule is CCOC(=O)C(ON1C(C)(C)CCCC1(C)C)c1ccc([N+](=O)[O-])cc1. The van der Waals surface area contributed by atoms with Crippen LogP contribution < -0.4 is 0 Å². The highest BCUT2D eigenvalue weighted by atomic mass is 16.7. The maximum Gasteiger partial charge on any atom is 0.342 e. The number of hydroxylamine groups is 2. The molecule has 1 aliphatic rings. The van der Waals surface area contributed by atoms with Crippen LogP contribution in [-0.4, -0.2) is 33.6 Å². The number of esters is 1. The molecule has 0 amide bonds. The Kier molecular flexibility index (Phi) is 6.03. The number of benzene rings is 1. The molecule has 0 bridgehead atoms. The molecule has 144 valence electrons. The Morgan fingerprint density at radius 1 is 1.19 bits per heavy atom. The van der Waals surface area contributed by atoms with Gasteiger partial charge in [-0.1, -0.05) is 0 Å². The first kappa shape index (κ1) is 20.3. The van der Waals surface area contributed by atoms with E-state index >= 15 is 0 Å². The number of hydrogen-bond acceptors (Lipinski definition) is 6. The van der Waals surface area contributed by atoms with Gasteiger partial charge < -0.3 is 4.74 Å². The minimum Gasteiger partial charge on any atom is -0.464 e. The third-order valence-electron chi connectivity index (χ3n) is 4.79. The van der Waals surface area contributed by atoms with Crippen molar-refractivity contribution in [2.24, 2.45) is 0 Å². The zero-order chi connectivity index (χ0) is 19.5. The smallest absolute Gasteiger partial charge is 0.342 e. The van der Waals surface area contributed by atoms with E-state index in [-0.39, 0.29) is 23.4 Å². The maximum absolute atomic E-state index is 12.6. The Morgan fingerprint density at radius 2 is 1.73 bits per heavy atom. The minimum absolute atomic E-state index is 0.0324. The highest BCUT2D eigenvalue weighted by molar-refractivity contribution is 5.76. The van der Waals surface area contributed by atoms with Crippen LogP contribution in [0.1, 0.15) is 65.5 Å². The zero-order valence-corrected chi connectivity index (χ0v) is 16.2. The van der Waals surface area contributed by atoms with Gasteiger partial charge in [-0.25, -0.2) is 4.79 Å². The normalized spacial score (nSPS) is 20.3. The first-order valence-electron chi connectivity index (χ1n) is 8.96. The number of non-ortho nitro benzene ring substituents is 1. The molecule has 7 heteroatoms. The van der Waals surface area contributed by atoms with Crippen molar-refractivity contribution in [3.8, 4) is 0 Å². The van der Waals surface area contributed by atoms with Crippen molar-refractivity contribution < 1.29 is 19.3 Å². The summed E-state index contributed by atoms with van der Waals surface area (Å²) in [5.74, 6) is -0.501. The minimum atomic E-state index is -0.965. The van der Waals surface area contributed by atoms with E-state index in [9.17, 15) is 14.9 Å². The lowest BCUT2D eigenvalue weighted by Gasteiger charge is -2.52. The largest absolute Gasteiger partial charge is 0.464 e. The van der Waals surface area contributed by atoms with Gasteiger partial charge in [0.15, 0.2) is 0 Å². The van der Waals surface area contributed by atoms with Gasteiger partial charge in [0.05, 0.1) is 11.5 Å². The van der Waals surface area contributed by atoms with E-state index in [0.717, 1.165) is 19.3 Å². The third-order valence-corrected chi connectivity index (χ3v) is 4.79. The molecule has 0 aromatic heterocycles. The second-order valence-corrected chi connectivity index (χ2v) is 7.86. The summed E-state index contributed by atoms with van der Waals surface area (Å²) in [6.07, 6.45) is 2.02. The molecule has 0 radical (unpaired) electrons. The second-order valence-electron chi connectivity index (χ2n) is 7.86. The Bertz CT molecular complexity index is 638. The highest BCUT2D eigenvalue weighted by Crippen LogP contribution is 2.40. The number of piperidine rings is 1. The van der Waals surface area contributed by atoms with Crippen molar-refractivity contribution in [1.82, 2.24) is 5.06 Å². The standard InChI is InChI=1S/C19H28N2O5/c1-6-25-17(22)16(14-8-10-15(11-9-14)20(23)24)26-21-18(2,3)12-7-13-19(21,4)5/h8-11,16H,6-7,12-13H2,1-5H3. The summed E-state index contributed by atoms with van der Waals surface area (Å²) >= 11 is 0. The van der Waals surface area contributed by atoms with Crippen LogP contribution in [0.2, 0.25) is 0 Å². The van der Waals surface area contributed by atoms with Crippen LogP contribution >= 0.6 is 0 Å². The molecule has 0 saturated carbocycles. The van der Waals surface area contributed by atoms with Crippen molar-refractivity contribution in [3.05, 3.63) is 39.9 Å². The molecule has 1 saturated heterocycles. The number of nitrogens with zero attached hydrogens (tertiary/aromatic N) is 2. The molecule has 7 nitrogen and oxygen atoms in total. The molecular formula is C19H28N2O5. The molecule has 1 aromatic rings. The van der Waals surface area contributed by atoms with E-state index < -0.39 is 17.0 Å². The van der Waals surface area contributed by atoms with Crippen molar-refractivity contribution in [3.63, 3.8) is 0 Å². The fourth-order valence-electron chi connectivity index (χ4n) is 3.60. The van der Waals surface area contributed by atoms with E-state index in [2.05, 4.69) is 27.7 Å². The Hall–Kier alpha value is -1.99. The number of ether oxygens (including phenoxy) is 1. The number of hydrogen-bond donors (Lipinski definition) is 0. The summed E-state index contributed by atoms with van der Waals surface area (Å²) < 4.78 is 5.19. The molecule has 1 aliphatic heterocycles.